The minimum atomic E-state index is -1.53. The molecule has 0 aliphatic carbocycles. The van der Waals surface area contributed by atoms with Crippen LogP contribution in [0, 0.1) is 5.92 Å². The van der Waals surface area contributed by atoms with E-state index in [0.717, 1.165) is 43.2 Å². The first-order valence-electron chi connectivity index (χ1n) is 18.2. The number of ether oxygens (including phenoxy) is 2. The van der Waals surface area contributed by atoms with E-state index in [0.29, 0.717) is 35.7 Å². The summed E-state index contributed by atoms with van der Waals surface area (Å²) in [6.45, 7) is 0.957. The molecular weight excluding hydrogens is 642 g/mol. The van der Waals surface area contributed by atoms with Crippen molar-refractivity contribution in [3.63, 3.8) is 0 Å². The van der Waals surface area contributed by atoms with Gasteiger partial charge in [-0.1, -0.05) is 116 Å². The Labute approximate surface area is 298 Å². The predicted octanol–water partition coefficient (Wildman–Crippen LogP) is 6.12. The summed E-state index contributed by atoms with van der Waals surface area (Å²) in [6, 6.07) is 32.1. The highest BCUT2D eigenvalue weighted by atomic mass is 16.6. The lowest BCUT2D eigenvalue weighted by molar-refractivity contribution is -0.179. The molecule has 4 aliphatic heterocycles. The van der Waals surface area contributed by atoms with Gasteiger partial charge in [-0.15, -0.1) is 0 Å². The molecule has 0 aromatic heterocycles. The normalized spacial score (nSPS) is 27.5. The highest BCUT2D eigenvalue weighted by molar-refractivity contribution is 6.12. The number of nitrogens with zero attached hydrogens (tertiary/aromatic N) is 2. The molecule has 262 valence electrons. The Balaban J connectivity index is 1.43. The molecule has 51 heavy (non-hydrogen) atoms. The summed E-state index contributed by atoms with van der Waals surface area (Å²) in [7, 11) is 0. The zero-order valence-electron chi connectivity index (χ0n) is 28.5. The van der Waals surface area contributed by atoms with Crippen LogP contribution in [0.5, 0.6) is 5.75 Å². The lowest BCUT2D eigenvalue weighted by Gasteiger charge is -2.46. The molecule has 2 N–H and O–H groups in total. The third-order valence-corrected chi connectivity index (χ3v) is 11.2. The number of para-hydroxylation sites is 2. The molecule has 2 amide bonds. The van der Waals surface area contributed by atoms with Crippen LogP contribution in [0.1, 0.15) is 72.5 Å². The fourth-order valence-electron chi connectivity index (χ4n) is 9.16. The standard InChI is InChI=1S/C42H43N3O6/c46-26-27-50-33-23-13-10-20-30(33)38-42(31-21-11-12-22-32(31)43-41(42)49)34(39(47)44-24-14-2-1-3-15-25-44)36-40(48)51-37(29-18-8-5-9-19-29)35(45(36)38)28-16-6-4-7-17-28/h4-13,16-23,34-38,46H,1-3,14-15,24-27H2,(H,43,49). The maximum Gasteiger partial charge on any atom is 0.324 e. The van der Waals surface area contributed by atoms with Crippen molar-refractivity contribution in [1.82, 2.24) is 9.80 Å². The average molecular weight is 686 g/mol. The van der Waals surface area contributed by atoms with Crippen molar-refractivity contribution in [2.24, 2.45) is 5.92 Å². The van der Waals surface area contributed by atoms with Crippen LogP contribution >= 0.6 is 0 Å². The van der Waals surface area contributed by atoms with Gasteiger partial charge in [0.15, 0.2) is 0 Å². The number of aliphatic hydroxyl groups excluding tert-OH is 1. The number of benzene rings is 4. The van der Waals surface area contributed by atoms with E-state index < -0.39 is 41.5 Å². The first-order chi connectivity index (χ1) is 25.1. The van der Waals surface area contributed by atoms with Gasteiger partial charge in [0.1, 0.15) is 29.9 Å². The molecule has 4 heterocycles. The molecule has 4 aromatic rings. The molecule has 9 heteroatoms. The van der Waals surface area contributed by atoms with Crippen molar-refractivity contribution < 1.29 is 29.0 Å². The minimum absolute atomic E-state index is 0.0376. The van der Waals surface area contributed by atoms with Crippen LogP contribution < -0.4 is 10.1 Å². The molecule has 6 unspecified atom stereocenters. The Hall–Kier alpha value is -4.99. The van der Waals surface area contributed by atoms with Crippen LogP contribution in [0.15, 0.2) is 109 Å². The van der Waals surface area contributed by atoms with Gasteiger partial charge in [0.25, 0.3) is 0 Å². The average Bonchev–Trinajstić information content (AvgIpc) is 3.63. The van der Waals surface area contributed by atoms with Gasteiger partial charge in [-0.3, -0.25) is 19.3 Å². The second kappa shape index (κ2) is 14.0. The van der Waals surface area contributed by atoms with E-state index in [-0.39, 0.29) is 25.0 Å². The number of rotatable bonds is 7. The summed E-state index contributed by atoms with van der Waals surface area (Å²) in [5.74, 6) is -1.70. The maximum absolute atomic E-state index is 15.5. The number of morpholine rings is 1. The molecule has 6 atom stereocenters. The first-order valence-corrected chi connectivity index (χ1v) is 18.2. The molecule has 3 saturated heterocycles. The van der Waals surface area contributed by atoms with Gasteiger partial charge in [-0.05, 0) is 41.7 Å². The molecule has 8 rings (SSSR count). The number of fused-ring (bicyclic) bond motifs is 3. The molecule has 4 aromatic carbocycles. The van der Waals surface area contributed by atoms with E-state index in [4.69, 9.17) is 9.47 Å². The highest BCUT2D eigenvalue weighted by Gasteiger charge is 2.74. The minimum Gasteiger partial charge on any atom is -0.491 e. The molecule has 1 spiro atoms. The molecule has 0 saturated carbocycles. The van der Waals surface area contributed by atoms with Crippen LogP contribution in [0.25, 0.3) is 0 Å². The smallest absolute Gasteiger partial charge is 0.324 e. The van der Waals surface area contributed by atoms with Gasteiger partial charge < -0.3 is 24.8 Å². The van der Waals surface area contributed by atoms with Crippen molar-refractivity contribution in [2.75, 3.05) is 31.6 Å². The number of aliphatic hydroxyl groups is 1. The topological polar surface area (TPSA) is 108 Å². The number of nitrogens with one attached hydrogen (secondary N) is 1. The largest absolute Gasteiger partial charge is 0.491 e. The maximum atomic E-state index is 15.5. The number of esters is 1. The van der Waals surface area contributed by atoms with Crippen molar-refractivity contribution in [2.45, 2.75) is 61.7 Å². The number of cyclic esters (lactones) is 1. The first kappa shape index (κ1) is 33.2. The lowest BCUT2D eigenvalue weighted by atomic mass is 9.65. The third-order valence-electron chi connectivity index (χ3n) is 11.2. The van der Waals surface area contributed by atoms with Crippen molar-refractivity contribution in [3.8, 4) is 5.75 Å². The van der Waals surface area contributed by atoms with Crippen LogP contribution in [0.2, 0.25) is 0 Å². The quantitative estimate of drug-likeness (QED) is 0.226. The lowest BCUT2D eigenvalue weighted by Crippen LogP contribution is -2.55. The summed E-state index contributed by atoms with van der Waals surface area (Å²) >= 11 is 0. The fourth-order valence-corrected chi connectivity index (χ4v) is 9.16. The van der Waals surface area contributed by atoms with E-state index in [1.165, 1.54) is 0 Å². The predicted molar refractivity (Wildman–Crippen MR) is 192 cm³/mol. The second-order valence-electron chi connectivity index (χ2n) is 14.0. The molecular formula is C42H43N3O6. The van der Waals surface area contributed by atoms with E-state index in [2.05, 4.69) is 10.2 Å². The number of likely N-dealkylation sites (tertiary alicyclic amines) is 1. The zero-order valence-corrected chi connectivity index (χ0v) is 28.5. The Bertz CT molecular complexity index is 1900. The van der Waals surface area contributed by atoms with Crippen LogP contribution in [0.3, 0.4) is 0 Å². The number of carbonyl (C=O) groups is 3. The van der Waals surface area contributed by atoms with Gasteiger partial charge in [-0.25, -0.2) is 0 Å². The monoisotopic (exact) mass is 685 g/mol. The molecule has 9 nitrogen and oxygen atoms in total. The summed E-state index contributed by atoms with van der Waals surface area (Å²) in [4.78, 5) is 49.6. The van der Waals surface area contributed by atoms with Gasteiger partial charge >= 0.3 is 5.97 Å². The van der Waals surface area contributed by atoms with Crippen LogP contribution in [-0.2, 0) is 24.5 Å². The number of anilines is 1. The van der Waals surface area contributed by atoms with E-state index >= 15 is 9.59 Å². The highest BCUT2D eigenvalue weighted by Crippen LogP contribution is 2.65. The van der Waals surface area contributed by atoms with E-state index in [9.17, 15) is 9.90 Å². The van der Waals surface area contributed by atoms with Crippen LogP contribution in [0.4, 0.5) is 5.69 Å². The van der Waals surface area contributed by atoms with Crippen molar-refractivity contribution >= 4 is 23.5 Å². The Morgan fingerprint density at radius 1 is 0.784 bits per heavy atom. The summed E-state index contributed by atoms with van der Waals surface area (Å²) in [5.41, 5.74) is 2.13. The summed E-state index contributed by atoms with van der Waals surface area (Å²) < 4.78 is 12.7. The van der Waals surface area contributed by atoms with E-state index in [1.54, 1.807) is 0 Å². The van der Waals surface area contributed by atoms with E-state index in [1.807, 2.05) is 114 Å². The molecule has 3 fully saturated rings. The number of carbonyl (C=O) groups excluding carboxylic acids is 3. The summed E-state index contributed by atoms with van der Waals surface area (Å²) in [5, 5.41) is 13.0. The molecule has 0 radical (unpaired) electrons. The van der Waals surface area contributed by atoms with Crippen molar-refractivity contribution in [1.29, 1.82) is 0 Å². The Morgan fingerprint density at radius 2 is 1.41 bits per heavy atom. The van der Waals surface area contributed by atoms with Crippen molar-refractivity contribution in [3.05, 3.63) is 131 Å². The van der Waals surface area contributed by atoms with Crippen LogP contribution in [-0.4, -0.2) is 65.0 Å². The summed E-state index contributed by atoms with van der Waals surface area (Å²) in [6.07, 6.45) is 4.15. The van der Waals surface area contributed by atoms with Gasteiger partial charge in [0, 0.05) is 24.3 Å². The zero-order chi connectivity index (χ0) is 35.0. The molecule has 4 aliphatic rings. The van der Waals surface area contributed by atoms with Gasteiger partial charge in [0.05, 0.1) is 24.6 Å². The second-order valence-corrected chi connectivity index (χ2v) is 14.0. The number of hydrogen-bond donors (Lipinski definition) is 2. The third kappa shape index (κ3) is 5.50. The Kier molecular flexibility index (Phi) is 9.08. The fraction of sp³-hybridized carbons (Fsp3) is 0.357. The molecule has 0 bridgehead atoms. The Morgan fingerprint density at radius 3 is 2.14 bits per heavy atom. The number of amides is 2. The van der Waals surface area contributed by atoms with Gasteiger partial charge in [0.2, 0.25) is 11.8 Å². The number of hydrogen-bond acceptors (Lipinski definition) is 7. The van der Waals surface area contributed by atoms with Gasteiger partial charge in [-0.2, -0.15) is 0 Å². The SMILES string of the molecule is O=C1OC(c2ccccc2)C(c2ccccc2)N2C1C(C(=O)N1CCCCCCC1)C1(C(=O)Nc3ccccc31)C2c1ccccc1OCCO.